The minimum atomic E-state index is -0.996. The van der Waals surface area contributed by atoms with E-state index in [-0.39, 0.29) is 11.5 Å². The fourth-order valence-electron chi connectivity index (χ4n) is 2.63. The molecular formula is C18H19N5O2. The third-order valence-electron chi connectivity index (χ3n) is 3.99. The Kier molecular flexibility index (Phi) is 4.47. The second kappa shape index (κ2) is 6.72. The molecule has 2 aromatic heterocycles. The van der Waals surface area contributed by atoms with Gasteiger partial charge in [-0.25, -0.2) is 9.78 Å². The van der Waals surface area contributed by atoms with Gasteiger partial charge in [0.05, 0.1) is 23.3 Å². The van der Waals surface area contributed by atoms with Crippen molar-refractivity contribution in [2.45, 2.75) is 19.9 Å². The fraction of sp³-hybridized carbons (Fsp3) is 0.222. The van der Waals surface area contributed by atoms with Crippen molar-refractivity contribution in [2.24, 2.45) is 0 Å². The van der Waals surface area contributed by atoms with Crippen LogP contribution in [0.5, 0.6) is 0 Å². The van der Waals surface area contributed by atoms with Crippen molar-refractivity contribution in [3.8, 4) is 0 Å². The van der Waals surface area contributed by atoms with Crippen LogP contribution in [-0.4, -0.2) is 33.1 Å². The zero-order valence-corrected chi connectivity index (χ0v) is 14.1. The molecule has 0 saturated heterocycles. The van der Waals surface area contributed by atoms with Gasteiger partial charge in [-0.15, -0.1) is 0 Å². The normalized spacial score (nSPS) is 10.8. The van der Waals surface area contributed by atoms with Gasteiger partial charge in [0.2, 0.25) is 5.95 Å². The molecule has 0 aliphatic carbocycles. The lowest BCUT2D eigenvalue weighted by molar-refractivity contribution is 0.0697. The predicted octanol–water partition coefficient (Wildman–Crippen LogP) is 2.50. The molecule has 0 radical (unpaired) electrons. The third kappa shape index (κ3) is 3.50. The molecule has 0 spiro atoms. The van der Waals surface area contributed by atoms with E-state index >= 15 is 0 Å². The summed E-state index contributed by atoms with van der Waals surface area (Å²) in [6.45, 7) is 2.60. The van der Waals surface area contributed by atoms with Crippen LogP contribution in [0.1, 0.15) is 28.5 Å². The summed E-state index contributed by atoms with van der Waals surface area (Å²) in [6, 6.07) is 8.74. The summed E-state index contributed by atoms with van der Waals surface area (Å²) in [5.41, 5.74) is 8.66. The number of hydrogen-bond acceptors (Lipinski definition) is 6. The van der Waals surface area contributed by atoms with Crippen LogP contribution in [0.2, 0.25) is 0 Å². The molecule has 0 bridgehead atoms. The highest BCUT2D eigenvalue weighted by atomic mass is 16.4. The summed E-state index contributed by atoms with van der Waals surface area (Å²) < 4.78 is 0. The lowest BCUT2D eigenvalue weighted by Crippen LogP contribution is -2.20. The van der Waals surface area contributed by atoms with Crippen molar-refractivity contribution in [3.63, 3.8) is 0 Å². The molecule has 7 heteroatoms. The summed E-state index contributed by atoms with van der Waals surface area (Å²) in [6.07, 6.45) is 2.80. The summed E-state index contributed by atoms with van der Waals surface area (Å²) in [5.74, 6) is -0.275. The second-order valence-electron chi connectivity index (χ2n) is 5.81. The van der Waals surface area contributed by atoms with Crippen LogP contribution >= 0.6 is 0 Å². The molecule has 0 atom stereocenters. The minimum absolute atomic E-state index is 0.145. The number of anilines is 2. The van der Waals surface area contributed by atoms with E-state index in [1.54, 1.807) is 12.1 Å². The Balaban J connectivity index is 1.99. The summed E-state index contributed by atoms with van der Waals surface area (Å²) in [7, 11) is 1.87. The fourth-order valence-corrected chi connectivity index (χ4v) is 2.63. The monoisotopic (exact) mass is 337 g/mol. The highest BCUT2D eigenvalue weighted by Gasteiger charge is 2.14. The maximum atomic E-state index is 11.3. The smallest absolute Gasteiger partial charge is 0.335 e. The van der Waals surface area contributed by atoms with Gasteiger partial charge in [-0.3, -0.25) is 4.98 Å². The molecule has 3 aromatic rings. The number of rotatable bonds is 5. The number of carboxylic acids is 1. The van der Waals surface area contributed by atoms with Gasteiger partial charge in [-0.2, -0.15) is 4.98 Å². The molecule has 0 unspecified atom stereocenters. The van der Waals surface area contributed by atoms with Gasteiger partial charge in [0.1, 0.15) is 5.82 Å². The number of nitrogens with two attached hydrogens (primary N) is 1. The minimum Gasteiger partial charge on any atom is -0.478 e. The zero-order valence-electron chi connectivity index (χ0n) is 14.1. The molecule has 1 aromatic carbocycles. The first-order valence-corrected chi connectivity index (χ1v) is 7.93. The van der Waals surface area contributed by atoms with E-state index in [0.717, 1.165) is 12.1 Å². The number of benzene rings is 1. The highest BCUT2D eigenvalue weighted by molar-refractivity contribution is 5.97. The third-order valence-corrected chi connectivity index (χ3v) is 3.99. The number of aromatic carboxylic acids is 1. The van der Waals surface area contributed by atoms with Crippen LogP contribution < -0.4 is 10.6 Å². The van der Waals surface area contributed by atoms with Gasteiger partial charge >= 0.3 is 5.97 Å². The topological polar surface area (TPSA) is 105 Å². The number of aromatic nitrogens is 3. The summed E-state index contributed by atoms with van der Waals surface area (Å²) in [4.78, 5) is 26.1. The summed E-state index contributed by atoms with van der Waals surface area (Å²) in [5, 5.41) is 9.86. The van der Waals surface area contributed by atoms with Crippen LogP contribution in [-0.2, 0) is 13.0 Å². The van der Waals surface area contributed by atoms with Gasteiger partial charge in [-0.05, 0) is 36.2 Å². The first kappa shape index (κ1) is 16.6. The van der Waals surface area contributed by atoms with Crippen LogP contribution in [0.4, 0.5) is 11.8 Å². The highest BCUT2D eigenvalue weighted by Crippen LogP contribution is 2.26. The maximum Gasteiger partial charge on any atom is 0.335 e. The molecule has 0 aliphatic rings. The van der Waals surface area contributed by atoms with E-state index in [1.165, 1.54) is 11.6 Å². The number of carboxylic acid groups (broad SMARTS) is 1. The standard InChI is InChI=1S/C18H19N5O2/c1-3-11-4-6-13(20-9-11)10-23(2)16-14-8-12(17(24)25)5-7-15(14)21-18(19)22-16/h4-9H,3,10H2,1-2H3,(H,24,25)(H2,19,21,22). The Morgan fingerprint density at radius 3 is 2.68 bits per heavy atom. The van der Waals surface area contributed by atoms with Crippen LogP contribution in [0.15, 0.2) is 36.5 Å². The van der Waals surface area contributed by atoms with Gasteiger partial charge in [0, 0.05) is 18.6 Å². The molecule has 3 rings (SSSR count). The summed E-state index contributed by atoms with van der Waals surface area (Å²) >= 11 is 0. The average Bonchev–Trinajstić information content (AvgIpc) is 2.61. The van der Waals surface area contributed by atoms with E-state index in [2.05, 4.69) is 21.9 Å². The molecule has 128 valence electrons. The molecule has 0 saturated carbocycles. The Hall–Kier alpha value is -3.22. The Bertz CT molecular complexity index is 925. The lowest BCUT2D eigenvalue weighted by Gasteiger charge is -2.20. The Labute approximate surface area is 145 Å². The van der Waals surface area contributed by atoms with Crippen LogP contribution in [0.3, 0.4) is 0 Å². The van der Waals surface area contributed by atoms with Crippen LogP contribution in [0, 0.1) is 0 Å². The molecule has 2 heterocycles. The van der Waals surface area contributed by atoms with Crippen molar-refractivity contribution >= 4 is 28.6 Å². The molecule has 3 N–H and O–H groups in total. The van der Waals surface area contributed by atoms with Gasteiger partial charge in [-0.1, -0.05) is 13.0 Å². The van der Waals surface area contributed by atoms with Crippen molar-refractivity contribution in [1.29, 1.82) is 0 Å². The molecule has 7 nitrogen and oxygen atoms in total. The molecule has 0 amide bonds. The largest absolute Gasteiger partial charge is 0.478 e. The first-order chi connectivity index (χ1) is 12.0. The van der Waals surface area contributed by atoms with Crippen molar-refractivity contribution in [2.75, 3.05) is 17.7 Å². The molecule has 25 heavy (non-hydrogen) atoms. The molecular weight excluding hydrogens is 318 g/mol. The number of pyridine rings is 1. The average molecular weight is 337 g/mol. The van der Waals surface area contributed by atoms with Gasteiger partial charge in [0.15, 0.2) is 0 Å². The number of aryl methyl sites for hydroxylation is 1. The van der Waals surface area contributed by atoms with E-state index in [1.807, 2.05) is 30.3 Å². The van der Waals surface area contributed by atoms with Crippen molar-refractivity contribution in [1.82, 2.24) is 15.0 Å². The van der Waals surface area contributed by atoms with E-state index in [9.17, 15) is 9.90 Å². The number of fused-ring (bicyclic) bond motifs is 1. The Morgan fingerprint density at radius 1 is 1.24 bits per heavy atom. The number of nitrogens with zero attached hydrogens (tertiary/aromatic N) is 4. The van der Waals surface area contributed by atoms with E-state index < -0.39 is 5.97 Å². The zero-order chi connectivity index (χ0) is 18.0. The SMILES string of the molecule is CCc1ccc(CN(C)c2nc(N)nc3ccc(C(=O)O)cc23)nc1. The first-order valence-electron chi connectivity index (χ1n) is 7.93. The quantitative estimate of drug-likeness (QED) is 0.737. The lowest BCUT2D eigenvalue weighted by atomic mass is 10.1. The maximum absolute atomic E-state index is 11.3. The number of carbonyl (C=O) groups is 1. The van der Waals surface area contributed by atoms with Gasteiger partial charge < -0.3 is 15.7 Å². The second-order valence-corrected chi connectivity index (χ2v) is 5.81. The van der Waals surface area contributed by atoms with E-state index in [4.69, 9.17) is 5.73 Å². The van der Waals surface area contributed by atoms with Crippen molar-refractivity contribution < 1.29 is 9.90 Å². The van der Waals surface area contributed by atoms with Gasteiger partial charge in [0.25, 0.3) is 0 Å². The molecule has 0 fully saturated rings. The van der Waals surface area contributed by atoms with Crippen LogP contribution in [0.25, 0.3) is 10.9 Å². The molecule has 0 aliphatic heterocycles. The Morgan fingerprint density at radius 2 is 2.04 bits per heavy atom. The number of nitrogen functional groups attached to an aromatic ring is 1. The van der Waals surface area contributed by atoms with Crippen molar-refractivity contribution in [3.05, 3.63) is 53.3 Å². The predicted molar refractivity (Wildman–Crippen MR) is 96.6 cm³/mol. The number of hydrogen-bond donors (Lipinski definition) is 2. The van der Waals surface area contributed by atoms with E-state index in [0.29, 0.717) is 23.3 Å².